The summed E-state index contributed by atoms with van der Waals surface area (Å²) in [5, 5.41) is 10.7. The van der Waals surface area contributed by atoms with Crippen molar-refractivity contribution in [3.05, 3.63) is 101 Å². The monoisotopic (exact) mass is 416 g/mol. The van der Waals surface area contributed by atoms with Crippen LogP contribution in [0.5, 0.6) is 0 Å². The fraction of sp³-hybridized carbons (Fsp3) is 0.160. The van der Waals surface area contributed by atoms with E-state index in [4.69, 9.17) is 0 Å². The number of benzene rings is 1. The quantitative estimate of drug-likeness (QED) is 0.752. The number of aromatic nitrogens is 1. The molecular weight excluding hydrogens is 395 g/mol. The lowest BCUT2D eigenvalue weighted by molar-refractivity contribution is -0.124. The van der Waals surface area contributed by atoms with E-state index in [0.717, 1.165) is 0 Å². The van der Waals surface area contributed by atoms with E-state index in [2.05, 4.69) is 4.98 Å². The van der Waals surface area contributed by atoms with Crippen molar-refractivity contribution in [2.24, 2.45) is 5.92 Å². The number of aliphatic hydroxyl groups is 1. The smallest absolute Gasteiger partial charge is 0.256 e. The van der Waals surface area contributed by atoms with Crippen LogP contribution >= 0.6 is 0 Å². The van der Waals surface area contributed by atoms with Gasteiger partial charge in [-0.2, -0.15) is 0 Å². The summed E-state index contributed by atoms with van der Waals surface area (Å²) >= 11 is 0. The Hall–Kier alpha value is -3.80. The van der Waals surface area contributed by atoms with Gasteiger partial charge in [-0.1, -0.05) is 48.6 Å². The average molecular weight is 416 g/mol. The summed E-state index contributed by atoms with van der Waals surface area (Å²) in [5.41, 5.74) is 2.82. The van der Waals surface area contributed by atoms with E-state index >= 15 is 0 Å². The van der Waals surface area contributed by atoms with Crippen LogP contribution in [0.25, 0.3) is 11.1 Å². The van der Waals surface area contributed by atoms with Crippen LogP contribution < -0.4 is 0 Å². The fourth-order valence-corrected chi connectivity index (χ4v) is 3.91. The van der Waals surface area contributed by atoms with Crippen LogP contribution in [0.2, 0.25) is 0 Å². The first-order valence-corrected chi connectivity index (χ1v) is 9.83. The van der Waals surface area contributed by atoms with E-state index in [1.54, 1.807) is 56.7 Å². The number of nitrogens with zero attached hydrogens (tertiary/aromatic N) is 2. The van der Waals surface area contributed by atoms with Gasteiger partial charge in [-0.15, -0.1) is 0 Å². The molecule has 4 rings (SSSR count). The van der Waals surface area contributed by atoms with Crippen LogP contribution in [0.3, 0.4) is 0 Å². The Bertz CT molecular complexity index is 1170. The molecule has 0 fully saturated rings. The second-order valence-electron chi connectivity index (χ2n) is 7.71. The van der Waals surface area contributed by atoms with Gasteiger partial charge in [-0.05, 0) is 12.1 Å². The van der Waals surface area contributed by atoms with E-state index in [1.165, 1.54) is 11.0 Å². The summed E-state index contributed by atoms with van der Waals surface area (Å²) in [6.45, 7) is 0. The van der Waals surface area contributed by atoms with E-state index in [0.29, 0.717) is 28.7 Å². The number of fused-ring (bicyclic) bond motifs is 1. The minimum Gasteiger partial charge on any atom is -0.507 e. The molecule has 1 aromatic heterocycles. The Morgan fingerprint density at radius 1 is 1.16 bits per heavy atom. The normalized spacial score (nSPS) is 19.6. The third-order valence-corrected chi connectivity index (χ3v) is 5.53. The van der Waals surface area contributed by atoms with Crippen molar-refractivity contribution in [2.45, 2.75) is 5.92 Å². The van der Waals surface area contributed by atoms with E-state index in [1.807, 2.05) is 18.2 Å². The molecule has 2 aromatic rings. The van der Waals surface area contributed by atoms with Gasteiger partial charge in [0.15, 0.2) is 0 Å². The molecular formula is C25H21FN2O3. The van der Waals surface area contributed by atoms with E-state index < -0.39 is 5.82 Å². The first kappa shape index (κ1) is 20.5. The highest BCUT2D eigenvalue weighted by Crippen LogP contribution is 2.42. The molecule has 156 valence electrons. The average Bonchev–Trinajstić information content (AvgIpc) is 2.79. The molecule has 0 saturated carbocycles. The van der Waals surface area contributed by atoms with E-state index in [-0.39, 0.29) is 34.6 Å². The number of aliphatic hydroxyl groups excluding tert-OH is 1. The number of allylic oxidation sites excluding steroid dienone is 6. The number of carbonyl (C=O) groups excluding carboxylic acids is 2. The Morgan fingerprint density at radius 3 is 2.61 bits per heavy atom. The van der Waals surface area contributed by atoms with Crippen LogP contribution in [0.4, 0.5) is 4.39 Å². The maximum Gasteiger partial charge on any atom is 0.256 e. The lowest BCUT2D eigenvalue weighted by atomic mass is 9.75. The topological polar surface area (TPSA) is 70.5 Å². The SMILES string of the molecule is CN(C)C(=O)C1=CC(c2ccc(-c3ccc(C=O)cc3F)cn2)C2C=CC=CC2=C1O. The summed E-state index contributed by atoms with van der Waals surface area (Å²) in [4.78, 5) is 29.4. The Morgan fingerprint density at radius 2 is 1.97 bits per heavy atom. The molecule has 0 bridgehead atoms. The fourth-order valence-electron chi connectivity index (χ4n) is 3.91. The summed E-state index contributed by atoms with van der Waals surface area (Å²) in [7, 11) is 3.27. The van der Waals surface area contributed by atoms with Crippen molar-refractivity contribution in [1.29, 1.82) is 0 Å². The number of aldehydes is 1. The van der Waals surface area contributed by atoms with Crippen molar-refractivity contribution >= 4 is 12.2 Å². The molecule has 1 heterocycles. The number of rotatable bonds is 4. The van der Waals surface area contributed by atoms with Gasteiger partial charge in [0.25, 0.3) is 5.91 Å². The first-order valence-electron chi connectivity index (χ1n) is 9.83. The third-order valence-electron chi connectivity index (χ3n) is 5.53. The van der Waals surface area contributed by atoms with Gasteiger partial charge in [-0.25, -0.2) is 4.39 Å². The molecule has 0 radical (unpaired) electrons. The minimum absolute atomic E-state index is 0.0190. The van der Waals surface area contributed by atoms with Crippen molar-refractivity contribution in [2.75, 3.05) is 14.1 Å². The van der Waals surface area contributed by atoms with Crippen LogP contribution in [0.15, 0.2) is 83.8 Å². The van der Waals surface area contributed by atoms with Gasteiger partial charge in [0.05, 0.1) is 5.57 Å². The molecule has 1 aromatic carbocycles. The molecule has 2 atom stereocenters. The van der Waals surface area contributed by atoms with Crippen LogP contribution in [-0.4, -0.2) is 41.3 Å². The molecule has 31 heavy (non-hydrogen) atoms. The zero-order chi connectivity index (χ0) is 22.1. The van der Waals surface area contributed by atoms with Gasteiger partial charge in [0, 0.05) is 60.1 Å². The van der Waals surface area contributed by atoms with Crippen LogP contribution in [0, 0.1) is 11.7 Å². The molecule has 0 saturated heterocycles. The number of halogens is 1. The van der Waals surface area contributed by atoms with Crippen molar-refractivity contribution in [1.82, 2.24) is 9.88 Å². The summed E-state index contributed by atoms with van der Waals surface area (Å²) < 4.78 is 14.4. The molecule has 2 unspecified atom stereocenters. The molecule has 0 spiro atoms. The minimum atomic E-state index is -0.494. The summed E-state index contributed by atoms with van der Waals surface area (Å²) in [6, 6.07) is 7.87. The van der Waals surface area contributed by atoms with E-state index in [9.17, 15) is 19.1 Å². The predicted molar refractivity (Wildman–Crippen MR) is 116 cm³/mol. The molecule has 2 aliphatic rings. The van der Waals surface area contributed by atoms with Crippen molar-refractivity contribution < 1.29 is 19.1 Å². The van der Waals surface area contributed by atoms with Crippen molar-refractivity contribution in [3.63, 3.8) is 0 Å². The molecule has 2 aliphatic carbocycles. The van der Waals surface area contributed by atoms with Gasteiger partial charge in [-0.3, -0.25) is 14.6 Å². The summed E-state index contributed by atoms with van der Waals surface area (Å²) in [6.07, 6.45) is 11.4. The van der Waals surface area contributed by atoms with Crippen LogP contribution in [-0.2, 0) is 4.79 Å². The molecule has 0 aliphatic heterocycles. The summed E-state index contributed by atoms with van der Waals surface area (Å²) in [5.74, 6) is -1.22. The molecule has 1 amide bonds. The number of pyridine rings is 1. The largest absolute Gasteiger partial charge is 0.507 e. The second-order valence-corrected chi connectivity index (χ2v) is 7.71. The highest BCUT2D eigenvalue weighted by Gasteiger charge is 2.34. The molecule has 6 heteroatoms. The van der Waals surface area contributed by atoms with Gasteiger partial charge < -0.3 is 10.0 Å². The molecule has 5 nitrogen and oxygen atoms in total. The maximum absolute atomic E-state index is 14.4. The Balaban J connectivity index is 1.73. The molecule has 1 N–H and O–H groups in total. The zero-order valence-corrected chi connectivity index (χ0v) is 17.1. The van der Waals surface area contributed by atoms with Crippen molar-refractivity contribution in [3.8, 4) is 11.1 Å². The lowest BCUT2D eigenvalue weighted by Gasteiger charge is -2.31. The van der Waals surface area contributed by atoms with Gasteiger partial charge in [0.1, 0.15) is 17.9 Å². The highest BCUT2D eigenvalue weighted by atomic mass is 19.1. The highest BCUT2D eigenvalue weighted by molar-refractivity contribution is 5.97. The van der Waals surface area contributed by atoms with Crippen LogP contribution in [0.1, 0.15) is 22.0 Å². The standard InChI is InChI=1S/C25H21FN2O3/c1-28(2)25(31)21-12-20(18-5-3-4-6-19(18)24(21)30)23-10-8-16(13-27-23)17-9-7-15(14-29)11-22(17)26/h3-14,18,20,30H,1-2H3. The van der Waals surface area contributed by atoms with Gasteiger partial charge in [0.2, 0.25) is 0 Å². The second kappa shape index (κ2) is 8.14. The number of likely N-dealkylation sites (N-methyl/N-ethyl adjacent to an activating group) is 1. The van der Waals surface area contributed by atoms with Gasteiger partial charge >= 0.3 is 0 Å². The maximum atomic E-state index is 14.4. The zero-order valence-electron chi connectivity index (χ0n) is 17.1. The first-order chi connectivity index (χ1) is 14.9. The third kappa shape index (κ3) is 3.72. The predicted octanol–water partition coefficient (Wildman–Crippen LogP) is 4.37. The number of amides is 1. The Kier molecular flexibility index (Phi) is 5.38. The number of carbonyl (C=O) groups is 2. The number of hydrogen-bond donors (Lipinski definition) is 1. The lowest BCUT2D eigenvalue weighted by Crippen LogP contribution is -2.29. The Labute approximate surface area is 179 Å². The number of hydrogen-bond acceptors (Lipinski definition) is 4.